The molecule has 0 atom stereocenters. The van der Waals surface area contributed by atoms with Crippen molar-refractivity contribution in [3.63, 3.8) is 0 Å². The minimum atomic E-state index is -0.436. The Morgan fingerprint density at radius 3 is 2.71 bits per heavy atom. The van der Waals surface area contributed by atoms with Crippen LogP contribution in [-0.2, 0) is 4.74 Å². The standard InChI is InChI=1S/C16H16BrNO3/c1-11-4-2-7-14(15(11)18)16(19)21-9-8-20-13-6-3-5-12(17)10-13/h2-7,10H,8-9,18H2,1H3. The van der Waals surface area contributed by atoms with Gasteiger partial charge in [-0.25, -0.2) is 4.79 Å². The zero-order valence-electron chi connectivity index (χ0n) is 11.6. The first kappa shape index (κ1) is 15.4. The third kappa shape index (κ3) is 4.23. The van der Waals surface area contributed by atoms with Gasteiger partial charge < -0.3 is 15.2 Å². The van der Waals surface area contributed by atoms with E-state index in [2.05, 4.69) is 15.9 Å². The van der Waals surface area contributed by atoms with Gasteiger partial charge in [-0.1, -0.05) is 34.1 Å². The molecule has 0 aliphatic rings. The molecule has 0 unspecified atom stereocenters. The van der Waals surface area contributed by atoms with Crippen LogP contribution in [0.3, 0.4) is 0 Å². The second kappa shape index (κ2) is 7.13. The number of rotatable bonds is 5. The number of carbonyl (C=O) groups excluding carboxylic acids is 1. The fourth-order valence-corrected chi connectivity index (χ4v) is 2.17. The first-order chi connectivity index (χ1) is 10.1. The zero-order valence-corrected chi connectivity index (χ0v) is 13.2. The second-order valence-corrected chi connectivity index (χ2v) is 5.39. The average molecular weight is 350 g/mol. The van der Waals surface area contributed by atoms with E-state index in [-0.39, 0.29) is 13.2 Å². The lowest BCUT2D eigenvalue weighted by atomic mass is 10.1. The maximum atomic E-state index is 11.9. The van der Waals surface area contributed by atoms with Gasteiger partial charge in [-0.3, -0.25) is 0 Å². The molecule has 110 valence electrons. The molecule has 0 fully saturated rings. The Bertz CT molecular complexity index is 643. The fourth-order valence-electron chi connectivity index (χ4n) is 1.79. The molecule has 5 heteroatoms. The smallest absolute Gasteiger partial charge is 0.340 e. The first-order valence-electron chi connectivity index (χ1n) is 6.48. The van der Waals surface area contributed by atoms with Crippen LogP contribution in [0.25, 0.3) is 0 Å². The number of para-hydroxylation sites is 1. The lowest BCUT2D eigenvalue weighted by Gasteiger charge is -2.10. The average Bonchev–Trinajstić information content (AvgIpc) is 2.46. The summed E-state index contributed by atoms with van der Waals surface area (Å²) < 4.78 is 11.6. The van der Waals surface area contributed by atoms with Gasteiger partial charge in [-0.2, -0.15) is 0 Å². The van der Waals surface area contributed by atoms with E-state index in [9.17, 15) is 4.79 Å². The molecule has 0 spiro atoms. The molecule has 0 aromatic heterocycles. The summed E-state index contributed by atoms with van der Waals surface area (Å²) in [6.45, 7) is 2.30. The molecule has 2 rings (SSSR count). The first-order valence-corrected chi connectivity index (χ1v) is 7.28. The summed E-state index contributed by atoms with van der Waals surface area (Å²) in [6.07, 6.45) is 0. The summed E-state index contributed by atoms with van der Waals surface area (Å²) in [4.78, 5) is 11.9. The molecule has 4 nitrogen and oxygen atoms in total. The molecule has 0 radical (unpaired) electrons. The van der Waals surface area contributed by atoms with E-state index >= 15 is 0 Å². The molecule has 2 aromatic rings. The van der Waals surface area contributed by atoms with Crippen molar-refractivity contribution in [1.29, 1.82) is 0 Å². The van der Waals surface area contributed by atoms with Crippen molar-refractivity contribution in [3.05, 3.63) is 58.1 Å². The van der Waals surface area contributed by atoms with Gasteiger partial charge in [-0.05, 0) is 36.8 Å². The molecule has 0 aliphatic heterocycles. The summed E-state index contributed by atoms with van der Waals surface area (Å²) in [6, 6.07) is 12.8. The number of hydrogen-bond acceptors (Lipinski definition) is 4. The minimum Gasteiger partial charge on any atom is -0.490 e. The largest absolute Gasteiger partial charge is 0.490 e. The van der Waals surface area contributed by atoms with Gasteiger partial charge in [0.05, 0.1) is 5.56 Å². The summed E-state index contributed by atoms with van der Waals surface area (Å²) >= 11 is 3.36. The van der Waals surface area contributed by atoms with Crippen LogP contribution in [0.15, 0.2) is 46.9 Å². The van der Waals surface area contributed by atoms with Crippen molar-refractivity contribution in [3.8, 4) is 5.75 Å². The van der Waals surface area contributed by atoms with Crippen molar-refractivity contribution in [2.24, 2.45) is 0 Å². The number of benzene rings is 2. The van der Waals surface area contributed by atoms with Gasteiger partial charge >= 0.3 is 5.97 Å². The molecule has 0 amide bonds. The van der Waals surface area contributed by atoms with Gasteiger partial charge in [0.25, 0.3) is 0 Å². The van der Waals surface area contributed by atoms with Crippen molar-refractivity contribution >= 4 is 27.6 Å². The van der Waals surface area contributed by atoms with E-state index in [4.69, 9.17) is 15.2 Å². The van der Waals surface area contributed by atoms with E-state index < -0.39 is 5.97 Å². The van der Waals surface area contributed by atoms with Crippen LogP contribution in [0, 0.1) is 6.92 Å². The number of halogens is 1. The van der Waals surface area contributed by atoms with Crippen molar-refractivity contribution in [2.45, 2.75) is 6.92 Å². The monoisotopic (exact) mass is 349 g/mol. The second-order valence-electron chi connectivity index (χ2n) is 4.48. The lowest BCUT2D eigenvalue weighted by molar-refractivity contribution is 0.0451. The molecule has 0 saturated heterocycles. The number of aryl methyl sites for hydroxylation is 1. The van der Waals surface area contributed by atoms with E-state index in [0.29, 0.717) is 11.3 Å². The summed E-state index contributed by atoms with van der Waals surface area (Å²) in [7, 11) is 0. The summed E-state index contributed by atoms with van der Waals surface area (Å²) in [5.41, 5.74) is 7.56. The Balaban J connectivity index is 1.83. The van der Waals surface area contributed by atoms with Crippen LogP contribution in [-0.4, -0.2) is 19.2 Å². The fraction of sp³-hybridized carbons (Fsp3) is 0.188. The molecular formula is C16H16BrNO3. The van der Waals surface area contributed by atoms with E-state index in [1.165, 1.54) is 0 Å². The van der Waals surface area contributed by atoms with Gasteiger partial charge in [0, 0.05) is 10.2 Å². The highest BCUT2D eigenvalue weighted by Crippen LogP contribution is 2.18. The predicted molar refractivity (Wildman–Crippen MR) is 85.5 cm³/mol. The molecule has 2 N–H and O–H groups in total. The minimum absolute atomic E-state index is 0.165. The van der Waals surface area contributed by atoms with Crippen LogP contribution in [0.2, 0.25) is 0 Å². The van der Waals surface area contributed by atoms with Gasteiger partial charge in [-0.15, -0.1) is 0 Å². The Morgan fingerprint density at radius 2 is 1.95 bits per heavy atom. The molecule has 2 aromatic carbocycles. The Morgan fingerprint density at radius 1 is 1.19 bits per heavy atom. The van der Waals surface area contributed by atoms with Gasteiger partial charge in [0.15, 0.2) is 0 Å². The molecular weight excluding hydrogens is 334 g/mol. The number of carbonyl (C=O) groups is 1. The maximum absolute atomic E-state index is 11.9. The van der Waals surface area contributed by atoms with Gasteiger partial charge in [0.2, 0.25) is 0 Å². The van der Waals surface area contributed by atoms with Crippen molar-refractivity contribution in [2.75, 3.05) is 18.9 Å². The summed E-state index contributed by atoms with van der Waals surface area (Å²) in [5, 5.41) is 0. The third-order valence-electron chi connectivity index (χ3n) is 2.93. The number of hydrogen-bond donors (Lipinski definition) is 1. The molecule has 0 aliphatic carbocycles. The highest BCUT2D eigenvalue weighted by atomic mass is 79.9. The zero-order chi connectivity index (χ0) is 15.2. The van der Waals surface area contributed by atoms with Crippen LogP contribution in [0.1, 0.15) is 15.9 Å². The van der Waals surface area contributed by atoms with Crippen molar-refractivity contribution in [1.82, 2.24) is 0 Å². The van der Waals surface area contributed by atoms with Crippen molar-refractivity contribution < 1.29 is 14.3 Å². The number of nitrogens with two attached hydrogens (primary N) is 1. The SMILES string of the molecule is Cc1cccc(C(=O)OCCOc2cccc(Br)c2)c1N. The molecule has 0 saturated carbocycles. The highest BCUT2D eigenvalue weighted by Gasteiger charge is 2.12. The lowest BCUT2D eigenvalue weighted by Crippen LogP contribution is -2.14. The highest BCUT2D eigenvalue weighted by molar-refractivity contribution is 9.10. The number of esters is 1. The quantitative estimate of drug-likeness (QED) is 0.509. The molecule has 0 bridgehead atoms. The Hall–Kier alpha value is -2.01. The third-order valence-corrected chi connectivity index (χ3v) is 3.42. The number of anilines is 1. The summed E-state index contributed by atoms with van der Waals surface area (Å²) in [5.74, 6) is 0.282. The van der Waals surface area contributed by atoms with Crippen LogP contribution >= 0.6 is 15.9 Å². The normalized spacial score (nSPS) is 10.2. The Kier molecular flexibility index (Phi) is 5.22. The molecule has 21 heavy (non-hydrogen) atoms. The predicted octanol–water partition coefficient (Wildman–Crippen LogP) is 3.58. The molecule has 0 heterocycles. The Labute approximate surface area is 132 Å². The van der Waals surface area contributed by atoms with Crippen LogP contribution in [0.4, 0.5) is 5.69 Å². The number of nitrogen functional groups attached to an aromatic ring is 1. The topological polar surface area (TPSA) is 61.5 Å². The van der Waals surface area contributed by atoms with E-state index in [1.54, 1.807) is 12.1 Å². The maximum Gasteiger partial charge on any atom is 0.340 e. The van der Waals surface area contributed by atoms with Crippen LogP contribution < -0.4 is 10.5 Å². The van der Waals surface area contributed by atoms with E-state index in [0.717, 1.165) is 15.8 Å². The van der Waals surface area contributed by atoms with Gasteiger partial charge in [0.1, 0.15) is 19.0 Å². The van der Waals surface area contributed by atoms with E-state index in [1.807, 2.05) is 37.3 Å². The number of ether oxygens (including phenoxy) is 2. The van der Waals surface area contributed by atoms with Crippen LogP contribution in [0.5, 0.6) is 5.75 Å².